The molecule has 0 amide bonds. The molecule has 1 rings (SSSR count). The minimum atomic E-state index is -1.37. The van der Waals surface area contributed by atoms with Crippen LogP contribution in [-0.4, -0.2) is 0 Å². The SMILES string of the molecule is CC.Cc1c(F)c(F)cc(F)c1F. The molecule has 0 heterocycles. The van der Waals surface area contributed by atoms with E-state index in [2.05, 4.69) is 0 Å². The zero-order chi connectivity index (χ0) is 10.6. The Bertz CT molecular complexity index is 268. The standard InChI is InChI=1S/C7H4F4.C2H6/c1-3-6(10)4(8)2-5(9)7(3)11;1-2/h2H,1H3;1-2H3. The third kappa shape index (κ3) is 2.44. The van der Waals surface area contributed by atoms with Gasteiger partial charge in [-0.25, -0.2) is 17.6 Å². The molecule has 0 saturated heterocycles. The molecule has 13 heavy (non-hydrogen) atoms. The van der Waals surface area contributed by atoms with Crippen molar-refractivity contribution in [2.45, 2.75) is 20.8 Å². The van der Waals surface area contributed by atoms with Crippen molar-refractivity contribution in [2.24, 2.45) is 0 Å². The molecule has 0 fully saturated rings. The van der Waals surface area contributed by atoms with Gasteiger partial charge in [0.15, 0.2) is 23.3 Å². The molecule has 0 atom stereocenters. The topological polar surface area (TPSA) is 0 Å². The van der Waals surface area contributed by atoms with Crippen LogP contribution in [0.4, 0.5) is 17.6 Å². The quantitative estimate of drug-likeness (QED) is 0.437. The minimum absolute atomic E-state index is 0.178. The van der Waals surface area contributed by atoms with Gasteiger partial charge in [0, 0.05) is 11.6 Å². The Morgan fingerprint density at radius 2 is 1.15 bits per heavy atom. The predicted octanol–water partition coefficient (Wildman–Crippen LogP) is 3.58. The first-order chi connectivity index (χ1) is 6.04. The van der Waals surface area contributed by atoms with Gasteiger partial charge < -0.3 is 0 Å². The molecular formula is C9H10F4. The summed E-state index contributed by atoms with van der Waals surface area (Å²) in [6.45, 7) is 4.97. The Morgan fingerprint density at radius 1 is 0.846 bits per heavy atom. The van der Waals surface area contributed by atoms with Crippen molar-refractivity contribution in [3.05, 3.63) is 34.9 Å². The maximum absolute atomic E-state index is 12.4. The first-order valence-corrected chi connectivity index (χ1v) is 3.83. The Balaban J connectivity index is 0.000000671. The highest BCUT2D eigenvalue weighted by Crippen LogP contribution is 2.17. The molecule has 0 aliphatic carbocycles. The summed E-state index contributed by atoms with van der Waals surface area (Å²) in [5.74, 6) is -5.43. The molecular weight excluding hydrogens is 184 g/mol. The second-order valence-electron chi connectivity index (χ2n) is 2.09. The summed E-state index contributed by atoms with van der Waals surface area (Å²) in [6, 6.07) is 0.178. The fourth-order valence-electron chi connectivity index (χ4n) is 0.693. The van der Waals surface area contributed by atoms with Crippen LogP contribution in [0, 0.1) is 30.2 Å². The fraction of sp³-hybridized carbons (Fsp3) is 0.333. The zero-order valence-corrected chi connectivity index (χ0v) is 7.59. The summed E-state index contributed by atoms with van der Waals surface area (Å²) >= 11 is 0. The molecule has 0 aliphatic rings. The van der Waals surface area contributed by atoms with Gasteiger partial charge in [-0.15, -0.1) is 0 Å². The highest BCUT2D eigenvalue weighted by atomic mass is 19.2. The highest BCUT2D eigenvalue weighted by Gasteiger charge is 2.14. The monoisotopic (exact) mass is 194 g/mol. The van der Waals surface area contributed by atoms with Gasteiger partial charge in [-0.3, -0.25) is 0 Å². The summed E-state index contributed by atoms with van der Waals surface area (Å²) in [5, 5.41) is 0. The lowest BCUT2D eigenvalue weighted by Gasteiger charge is -1.99. The van der Waals surface area contributed by atoms with Crippen molar-refractivity contribution >= 4 is 0 Å². The van der Waals surface area contributed by atoms with Gasteiger partial charge in [-0.2, -0.15) is 0 Å². The molecule has 1 aromatic rings. The van der Waals surface area contributed by atoms with Crippen LogP contribution in [0.5, 0.6) is 0 Å². The lowest BCUT2D eigenvalue weighted by atomic mass is 10.2. The second-order valence-corrected chi connectivity index (χ2v) is 2.09. The van der Waals surface area contributed by atoms with Crippen molar-refractivity contribution in [3.8, 4) is 0 Å². The zero-order valence-electron chi connectivity index (χ0n) is 7.59. The summed E-state index contributed by atoms with van der Waals surface area (Å²) in [4.78, 5) is 0. The van der Waals surface area contributed by atoms with E-state index in [-0.39, 0.29) is 6.07 Å². The predicted molar refractivity (Wildman–Crippen MR) is 42.4 cm³/mol. The molecule has 1 aromatic carbocycles. The van der Waals surface area contributed by atoms with Crippen LogP contribution in [0.25, 0.3) is 0 Å². The Kier molecular flexibility index (Phi) is 4.45. The van der Waals surface area contributed by atoms with Crippen molar-refractivity contribution in [1.29, 1.82) is 0 Å². The van der Waals surface area contributed by atoms with Crippen molar-refractivity contribution in [1.82, 2.24) is 0 Å². The number of rotatable bonds is 0. The van der Waals surface area contributed by atoms with Gasteiger partial charge in [-0.05, 0) is 6.92 Å². The summed E-state index contributed by atoms with van der Waals surface area (Å²) in [7, 11) is 0. The Morgan fingerprint density at radius 3 is 1.46 bits per heavy atom. The van der Waals surface area contributed by atoms with Crippen LogP contribution < -0.4 is 0 Å². The van der Waals surface area contributed by atoms with Gasteiger partial charge in [0.2, 0.25) is 0 Å². The average molecular weight is 194 g/mol. The molecule has 0 N–H and O–H groups in total. The van der Waals surface area contributed by atoms with Gasteiger partial charge >= 0.3 is 0 Å². The van der Waals surface area contributed by atoms with E-state index >= 15 is 0 Å². The van der Waals surface area contributed by atoms with E-state index in [4.69, 9.17) is 0 Å². The van der Waals surface area contributed by atoms with E-state index in [9.17, 15) is 17.6 Å². The summed E-state index contributed by atoms with van der Waals surface area (Å²) in [6.07, 6.45) is 0. The van der Waals surface area contributed by atoms with E-state index in [1.807, 2.05) is 13.8 Å². The van der Waals surface area contributed by atoms with E-state index in [0.29, 0.717) is 0 Å². The average Bonchev–Trinajstić information content (AvgIpc) is 2.15. The van der Waals surface area contributed by atoms with Gasteiger partial charge in [0.05, 0.1) is 0 Å². The molecule has 0 unspecified atom stereocenters. The van der Waals surface area contributed by atoms with Gasteiger partial charge in [0.1, 0.15) is 0 Å². The second kappa shape index (κ2) is 4.84. The molecule has 0 radical (unpaired) electrons. The van der Waals surface area contributed by atoms with Crippen molar-refractivity contribution < 1.29 is 17.6 Å². The highest BCUT2D eigenvalue weighted by molar-refractivity contribution is 5.20. The summed E-state index contributed by atoms with van der Waals surface area (Å²) in [5.41, 5.74) is -0.637. The van der Waals surface area contributed by atoms with Crippen LogP contribution in [0.3, 0.4) is 0 Å². The molecule has 0 aliphatic heterocycles. The maximum Gasteiger partial charge on any atom is 0.164 e. The molecule has 0 spiro atoms. The molecule has 0 bridgehead atoms. The molecule has 0 saturated carbocycles. The normalized spacial score (nSPS) is 9.15. The third-order valence-electron chi connectivity index (χ3n) is 1.33. The molecule has 0 nitrogen and oxygen atoms in total. The number of benzene rings is 1. The first kappa shape index (κ1) is 11.9. The fourth-order valence-corrected chi connectivity index (χ4v) is 0.693. The van der Waals surface area contributed by atoms with Crippen LogP contribution in [0.15, 0.2) is 6.07 Å². The van der Waals surface area contributed by atoms with Crippen molar-refractivity contribution in [3.63, 3.8) is 0 Å². The molecule has 0 aromatic heterocycles. The Hall–Kier alpha value is -1.06. The smallest absolute Gasteiger partial charge is 0.164 e. The van der Waals surface area contributed by atoms with E-state index in [1.165, 1.54) is 0 Å². The van der Waals surface area contributed by atoms with Crippen LogP contribution in [-0.2, 0) is 0 Å². The van der Waals surface area contributed by atoms with Crippen molar-refractivity contribution in [2.75, 3.05) is 0 Å². The van der Waals surface area contributed by atoms with Crippen LogP contribution in [0.2, 0.25) is 0 Å². The number of hydrogen-bond acceptors (Lipinski definition) is 0. The maximum atomic E-state index is 12.4. The summed E-state index contributed by atoms with van der Waals surface area (Å²) < 4.78 is 49.3. The minimum Gasteiger partial charge on any atom is -0.204 e. The van der Waals surface area contributed by atoms with Gasteiger partial charge in [-0.1, -0.05) is 13.8 Å². The van der Waals surface area contributed by atoms with Crippen LogP contribution >= 0.6 is 0 Å². The Labute approximate surface area is 74.2 Å². The molecule has 74 valence electrons. The largest absolute Gasteiger partial charge is 0.204 e. The molecule has 4 heteroatoms. The first-order valence-electron chi connectivity index (χ1n) is 3.83. The number of halogens is 4. The van der Waals surface area contributed by atoms with E-state index in [0.717, 1.165) is 6.92 Å². The van der Waals surface area contributed by atoms with Crippen LogP contribution in [0.1, 0.15) is 19.4 Å². The lowest BCUT2D eigenvalue weighted by Crippen LogP contribution is -1.97. The number of hydrogen-bond donors (Lipinski definition) is 0. The lowest BCUT2D eigenvalue weighted by molar-refractivity contribution is 0.445. The van der Waals surface area contributed by atoms with Gasteiger partial charge in [0.25, 0.3) is 0 Å². The third-order valence-corrected chi connectivity index (χ3v) is 1.33. The van der Waals surface area contributed by atoms with E-state index < -0.39 is 28.8 Å². The van der Waals surface area contributed by atoms with E-state index in [1.54, 1.807) is 0 Å².